The predicted octanol–water partition coefficient (Wildman–Crippen LogP) is 3.64. The summed E-state index contributed by atoms with van der Waals surface area (Å²) in [5, 5.41) is 11.3. The van der Waals surface area contributed by atoms with Crippen LogP contribution >= 0.6 is 0 Å². The lowest BCUT2D eigenvalue weighted by molar-refractivity contribution is -0.142. The van der Waals surface area contributed by atoms with Crippen LogP contribution in [0.3, 0.4) is 0 Å². The van der Waals surface area contributed by atoms with Crippen molar-refractivity contribution in [3.8, 4) is 5.75 Å². The summed E-state index contributed by atoms with van der Waals surface area (Å²) in [4.78, 5) is 29.3. The summed E-state index contributed by atoms with van der Waals surface area (Å²) in [6.07, 6.45) is 1.71. The number of fused-ring (bicyclic) bond motifs is 1. The van der Waals surface area contributed by atoms with Crippen LogP contribution in [0.1, 0.15) is 30.0 Å². The molecule has 2 heterocycles. The Morgan fingerprint density at radius 3 is 2.67 bits per heavy atom. The van der Waals surface area contributed by atoms with Gasteiger partial charge in [-0.3, -0.25) is 9.59 Å². The van der Waals surface area contributed by atoms with Crippen LogP contribution in [-0.4, -0.2) is 58.1 Å². The number of amides is 2. The van der Waals surface area contributed by atoms with Crippen LogP contribution in [0.2, 0.25) is 0 Å². The molecule has 4 aromatic rings. The van der Waals surface area contributed by atoms with E-state index >= 15 is 0 Å². The van der Waals surface area contributed by atoms with Gasteiger partial charge in [-0.2, -0.15) is 0 Å². The number of nitrogens with one attached hydrogen (secondary N) is 1. The number of ether oxygens (including phenoxy) is 2. The minimum atomic E-state index is -1.04. The molecule has 10 heteroatoms. The molecular weight excluding hydrogens is 501 g/mol. The first kappa shape index (κ1) is 26.3. The molecule has 39 heavy (non-hydrogen) atoms. The average Bonchev–Trinajstić information content (AvgIpc) is 3.63. The number of methoxy groups -OCH3 is 1. The summed E-state index contributed by atoms with van der Waals surface area (Å²) in [5.41, 5.74) is 2.55. The number of nitrogens with zero attached hydrogens (tertiary/aromatic N) is 4. The fourth-order valence-electron chi connectivity index (χ4n) is 4.83. The second-order valence-corrected chi connectivity index (χ2v) is 9.40. The van der Waals surface area contributed by atoms with Crippen LogP contribution in [-0.2, 0) is 27.4 Å². The summed E-state index contributed by atoms with van der Waals surface area (Å²) < 4.78 is 26.6. The van der Waals surface area contributed by atoms with Gasteiger partial charge in [0.25, 0.3) is 0 Å². The number of rotatable bonds is 10. The molecule has 202 valence electrons. The number of benzene rings is 3. The Morgan fingerprint density at radius 1 is 1.13 bits per heavy atom. The molecule has 5 rings (SSSR count). The third kappa shape index (κ3) is 6.06. The van der Waals surface area contributed by atoms with Crippen molar-refractivity contribution in [3.63, 3.8) is 0 Å². The standard InChI is InChI=1S/C29H30FN5O4/c1-38-26-11-5-2-7-21(26)18-34(27(36)19-35-25-10-4-3-9-24(25)32-33-35)28(20-12-14-22(30)15-13-20)29(37)31-17-23-8-6-16-39-23/h2-5,7,9-15,23,28H,6,8,16-19H2,1H3,(H,31,37)/t23-,28+/m0/s1. The van der Waals surface area contributed by atoms with Gasteiger partial charge in [0.2, 0.25) is 11.8 Å². The minimum absolute atomic E-state index is 0.0743. The molecule has 0 aliphatic carbocycles. The summed E-state index contributed by atoms with van der Waals surface area (Å²) >= 11 is 0. The SMILES string of the molecule is COc1ccccc1CN(C(=O)Cn1nnc2ccccc21)[C@@H](C(=O)NC[C@@H]1CCCO1)c1ccc(F)cc1. The Labute approximate surface area is 225 Å². The van der Waals surface area contributed by atoms with Crippen molar-refractivity contribution < 1.29 is 23.5 Å². The van der Waals surface area contributed by atoms with Crippen LogP contribution in [0, 0.1) is 5.82 Å². The van der Waals surface area contributed by atoms with Crippen LogP contribution in [0.5, 0.6) is 5.75 Å². The zero-order chi connectivity index (χ0) is 27.2. The first-order valence-corrected chi connectivity index (χ1v) is 12.9. The van der Waals surface area contributed by atoms with E-state index in [1.54, 1.807) is 13.2 Å². The lowest BCUT2D eigenvalue weighted by Crippen LogP contribution is -2.46. The van der Waals surface area contributed by atoms with E-state index in [4.69, 9.17) is 9.47 Å². The summed E-state index contributed by atoms with van der Waals surface area (Å²) in [7, 11) is 1.55. The molecule has 1 N–H and O–H groups in total. The van der Waals surface area contributed by atoms with Gasteiger partial charge in [0.1, 0.15) is 29.7 Å². The van der Waals surface area contributed by atoms with E-state index in [0.29, 0.717) is 35.5 Å². The highest BCUT2D eigenvalue weighted by Crippen LogP contribution is 2.28. The van der Waals surface area contributed by atoms with Crippen LogP contribution in [0.4, 0.5) is 4.39 Å². The maximum atomic E-state index is 14.0. The number of hydrogen-bond acceptors (Lipinski definition) is 6. The van der Waals surface area contributed by atoms with E-state index in [-0.39, 0.29) is 31.0 Å². The van der Waals surface area contributed by atoms with Gasteiger partial charge in [0, 0.05) is 18.7 Å². The van der Waals surface area contributed by atoms with E-state index in [0.717, 1.165) is 18.4 Å². The van der Waals surface area contributed by atoms with E-state index < -0.39 is 11.9 Å². The van der Waals surface area contributed by atoms with Crippen LogP contribution in [0.15, 0.2) is 72.8 Å². The zero-order valence-corrected chi connectivity index (χ0v) is 21.6. The highest BCUT2D eigenvalue weighted by Gasteiger charge is 2.33. The van der Waals surface area contributed by atoms with Crippen molar-refractivity contribution in [2.45, 2.75) is 38.1 Å². The Kier molecular flexibility index (Phi) is 8.12. The molecule has 3 aromatic carbocycles. The topological polar surface area (TPSA) is 98.6 Å². The Bertz CT molecular complexity index is 1440. The Hall–Kier alpha value is -4.31. The number of aromatic nitrogens is 3. The summed E-state index contributed by atoms with van der Waals surface area (Å²) in [5.74, 6) is -0.602. The molecule has 1 saturated heterocycles. The summed E-state index contributed by atoms with van der Waals surface area (Å²) in [6, 6.07) is 19.2. The van der Waals surface area contributed by atoms with Gasteiger partial charge in [-0.05, 0) is 48.7 Å². The van der Waals surface area contributed by atoms with Gasteiger partial charge in [-0.15, -0.1) is 5.10 Å². The van der Waals surface area contributed by atoms with Gasteiger partial charge >= 0.3 is 0 Å². The van der Waals surface area contributed by atoms with Gasteiger partial charge in [-0.1, -0.05) is 47.7 Å². The maximum Gasteiger partial charge on any atom is 0.247 e. The minimum Gasteiger partial charge on any atom is -0.496 e. The lowest BCUT2D eigenvalue weighted by atomic mass is 10.0. The molecule has 0 spiro atoms. The normalized spacial score (nSPS) is 15.7. The van der Waals surface area contributed by atoms with Crippen molar-refractivity contribution in [1.29, 1.82) is 0 Å². The Balaban J connectivity index is 1.51. The molecule has 1 aromatic heterocycles. The zero-order valence-electron chi connectivity index (χ0n) is 21.6. The Morgan fingerprint density at radius 2 is 1.90 bits per heavy atom. The molecule has 9 nitrogen and oxygen atoms in total. The fraction of sp³-hybridized carbons (Fsp3) is 0.310. The van der Waals surface area contributed by atoms with E-state index in [1.165, 1.54) is 33.8 Å². The molecule has 1 fully saturated rings. The third-order valence-corrected chi connectivity index (χ3v) is 6.83. The van der Waals surface area contributed by atoms with E-state index in [9.17, 15) is 14.0 Å². The van der Waals surface area contributed by atoms with E-state index in [1.807, 2.05) is 42.5 Å². The third-order valence-electron chi connectivity index (χ3n) is 6.83. The van der Waals surface area contributed by atoms with Gasteiger partial charge in [-0.25, -0.2) is 9.07 Å². The second kappa shape index (κ2) is 12.0. The van der Waals surface area contributed by atoms with Crippen LogP contribution in [0.25, 0.3) is 11.0 Å². The molecule has 0 bridgehead atoms. The number of carbonyl (C=O) groups excluding carboxylic acids is 2. The number of hydrogen-bond donors (Lipinski definition) is 1. The van der Waals surface area contributed by atoms with Crippen molar-refractivity contribution in [1.82, 2.24) is 25.2 Å². The quantitative estimate of drug-likeness (QED) is 0.336. The summed E-state index contributed by atoms with van der Waals surface area (Å²) in [6.45, 7) is 0.907. The predicted molar refractivity (Wildman–Crippen MR) is 142 cm³/mol. The molecule has 0 radical (unpaired) electrons. The molecular formula is C29H30FN5O4. The van der Waals surface area contributed by atoms with Crippen molar-refractivity contribution >= 4 is 22.8 Å². The molecule has 2 atom stereocenters. The second-order valence-electron chi connectivity index (χ2n) is 9.40. The van der Waals surface area contributed by atoms with Gasteiger partial charge < -0.3 is 19.7 Å². The fourth-order valence-corrected chi connectivity index (χ4v) is 4.83. The largest absolute Gasteiger partial charge is 0.496 e. The smallest absolute Gasteiger partial charge is 0.247 e. The number of para-hydroxylation sites is 2. The van der Waals surface area contributed by atoms with Crippen molar-refractivity contribution in [2.24, 2.45) is 0 Å². The molecule has 1 aliphatic heterocycles. The van der Waals surface area contributed by atoms with E-state index in [2.05, 4.69) is 15.6 Å². The average molecular weight is 532 g/mol. The van der Waals surface area contributed by atoms with Crippen molar-refractivity contribution in [2.75, 3.05) is 20.3 Å². The molecule has 0 unspecified atom stereocenters. The van der Waals surface area contributed by atoms with Gasteiger partial charge in [0.05, 0.1) is 25.3 Å². The molecule has 0 saturated carbocycles. The lowest BCUT2D eigenvalue weighted by Gasteiger charge is -2.32. The monoisotopic (exact) mass is 531 g/mol. The van der Waals surface area contributed by atoms with Crippen LogP contribution < -0.4 is 10.1 Å². The number of halogens is 1. The number of carbonyl (C=O) groups is 2. The molecule has 1 aliphatic rings. The van der Waals surface area contributed by atoms with Crippen molar-refractivity contribution in [3.05, 3.63) is 89.7 Å². The first-order valence-electron chi connectivity index (χ1n) is 12.9. The highest BCUT2D eigenvalue weighted by molar-refractivity contribution is 5.89. The van der Waals surface area contributed by atoms with Gasteiger partial charge in [0.15, 0.2) is 0 Å². The first-order chi connectivity index (χ1) is 19.0. The highest BCUT2D eigenvalue weighted by atomic mass is 19.1. The molecule has 2 amide bonds. The maximum absolute atomic E-state index is 14.0.